The number of carbonyl (C=O) groups excluding carboxylic acids is 1. The molecule has 0 radical (unpaired) electrons. The molecule has 2 heterocycles. The summed E-state index contributed by atoms with van der Waals surface area (Å²) in [5.41, 5.74) is 6.43. The second-order valence-corrected chi connectivity index (χ2v) is 4.87. The number of hydrogen-bond acceptors (Lipinski definition) is 5. The minimum Gasteiger partial charge on any atom is -0.335 e. The highest BCUT2D eigenvalue weighted by Gasteiger charge is 2.31. The van der Waals surface area contributed by atoms with E-state index in [9.17, 15) is 4.79 Å². The molecule has 0 aromatic carbocycles. The molecule has 0 aliphatic carbocycles. The highest BCUT2D eigenvalue weighted by Crippen LogP contribution is 2.22. The van der Waals surface area contributed by atoms with E-state index in [0.29, 0.717) is 18.0 Å². The predicted molar refractivity (Wildman–Crippen MR) is 57.9 cm³/mol. The molecule has 0 spiro atoms. The molecule has 82 valence electrons. The number of amides is 1. The van der Waals surface area contributed by atoms with Crippen molar-refractivity contribution < 1.29 is 4.79 Å². The zero-order valence-electron chi connectivity index (χ0n) is 8.80. The van der Waals surface area contributed by atoms with Gasteiger partial charge in [-0.1, -0.05) is 18.3 Å². The Bertz CT molecular complexity index is 370. The van der Waals surface area contributed by atoms with Gasteiger partial charge in [0.15, 0.2) is 0 Å². The molecule has 1 aliphatic heterocycles. The summed E-state index contributed by atoms with van der Waals surface area (Å²) < 4.78 is 3.84. The molecule has 1 saturated heterocycles. The average molecular weight is 226 g/mol. The Balaban J connectivity index is 2.15. The van der Waals surface area contributed by atoms with E-state index in [1.165, 1.54) is 11.5 Å². The van der Waals surface area contributed by atoms with Gasteiger partial charge < -0.3 is 10.6 Å². The summed E-state index contributed by atoms with van der Waals surface area (Å²) in [6, 6.07) is 0.136. The molecule has 0 saturated carbocycles. The highest BCUT2D eigenvalue weighted by molar-refractivity contribution is 7.08. The van der Waals surface area contributed by atoms with Crippen LogP contribution in [0.15, 0.2) is 0 Å². The Kier molecular flexibility index (Phi) is 2.70. The van der Waals surface area contributed by atoms with Crippen molar-refractivity contribution in [3.05, 3.63) is 10.6 Å². The summed E-state index contributed by atoms with van der Waals surface area (Å²) in [6.07, 6.45) is 0. The van der Waals surface area contributed by atoms with Gasteiger partial charge >= 0.3 is 0 Å². The Morgan fingerprint density at radius 3 is 2.80 bits per heavy atom. The van der Waals surface area contributed by atoms with Crippen LogP contribution >= 0.6 is 11.5 Å². The number of aromatic nitrogens is 2. The molecule has 2 N–H and O–H groups in total. The van der Waals surface area contributed by atoms with Crippen LogP contribution in [0.25, 0.3) is 0 Å². The van der Waals surface area contributed by atoms with E-state index in [1.807, 2.05) is 13.8 Å². The summed E-state index contributed by atoms with van der Waals surface area (Å²) >= 11 is 1.17. The monoisotopic (exact) mass is 226 g/mol. The highest BCUT2D eigenvalue weighted by atomic mass is 32.1. The molecule has 6 heteroatoms. The maximum atomic E-state index is 12.0. The van der Waals surface area contributed by atoms with Gasteiger partial charge in [0.05, 0.1) is 5.69 Å². The molecule has 0 atom stereocenters. The number of carbonyl (C=O) groups is 1. The molecule has 1 aromatic rings. The van der Waals surface area contributed by atoms with Gasteiger partial charge in [0.25, 0.3) is 5.91 Å². The number of nitrogens with two attached hydrogens (primary N) is 1. The van der Waals surface area contributed by atoms with Crippen LogP contribution < -0.4 is 5.73 Å². The van der Waals surface area contributed by atoms with Crippen molar-refractivity contribution in [2.75, 3.05) is 13.1 Å². The third kappa shape index (κ3) is 1.87. The SMILES string of the molecule is CC(C)c1nnsc1C(=O)N1CC(N)C1. The van der Waals surface area contributed by atoms with Crippen molar-refractivity contribution in [3.63, 3.8) is 0 Å². The van der Waals surface area contributed by atoms with Crippen LogP contribution in [0.1, 0.15) is 35.1 Å². The van der Waals surface area contributed by atoms with Crippen LogP contribution in [0.3, 0.4) is 0 Å². The molecular formula is C9H14N4OS. The Morgan fingerprint density at radius 1 is 1.60 bits per heavy atom. The third-order valence-corrected chi connectivity index (χ3v) is 3.18. The van der Waals surface area contributed by atoms with Gasteiger partial charge in [-0.2, -0.15) is 0 Å². The fourth-order valence-corrected chi connectivity index (χ4v) is 2.33. The first-order chi connectivity index (χ1) is 7.09. The Hall–Kier alpha value is -1.01. The van der Waals surface area contributed by atoms with Crippen LogP contribution in [-0.2, 0) is 0 Å². The number of likely N-dealkylation sites (tertiary alicyclic amines) is 1. The van der Waals surface area contributed by atoms with Gasteiger partial charge in [0.1, 0.15) is 4.88 Å². The molecular weight excluding hydrogens is 212 g/mol. The topological polar surface area (TPSA) is 72.1 Å². The first-order valence-corrected chi connectivity index (χ1v) is 5.74. The fraction of sp³-hybridized carbons (Fsp3) is 0.667. The first kappa shape index (κ1) is 10.5. The van der Waals surface area contributed by atoms with Crippen molar-refractivity contribution >= 4 is 17.4 Å². The molecule has 5 nitrogen and oxygen atoms in total. The Morgan fingerprint density at radius 2 is 2.27 bits per heavy atom. The summed E-state index contributed by atoms with van der Waals surface area (Å²) in [4.78, 5) is 14.4. The maximum absolute atomic E-state index is 12.0. The molecule has 0 unspecified atom stereocenters. The van der Waals surface area contributed by atoms with E-state index in [-0.39, 0.29) is 17.9 Å². The summed E-state index contributed by atoms with van der Waals surface area (Å²) in [5, 5.41) is 3.99. The lowest BCUT2D eigenvalue weighted by Gasteiger charge is -2.36. The van der Waals surface area contributed by atoms with Gasteiger partial charge in [0.2, 0.25) is 0 Å². The maximum Gasteiger partial charge on any atom is 0.267 e. The van der Waals surface area contributed by atoms with Gasteiger partial charge in [-0.05, 0) is 17.5 Å². The largest absolute Gasteiger partial charge is 0.335 e. The average Bonchev–Trinajstić information content (AvgIpc) is 2.60. The van der Waals surface area contributed by atoms with Crippen molar-refractivity contribution in [1.82, 2.24) is 14.5 Å². The van der Waals surface area contributed by atoms with E-state index in [0.717, 1.165) is 5.69 Å². The molecule has 1 aliphatic rings. The number of nitrogens with zero attached hydrogens (tertiary/aromatic N) is 3. The van der Waals surface area contributed by atoms with Crippen molar-refractivity contribution in [2.45, 2.75) is 25.8 Å². The zero-order chi connectivity index (χ0) is 11.0. The third-order valence-electron chi connectivity index (χ3n) is 2.45. The minimum atomic E-state index is 0.0235. The lowest BCUT2D eigenvalue weighted by atomic mass is 10.1. The minimum absolute atomic E-state index is 0.0235. The normalized spacial score (nSPS) is 16.9. The molecule has 1 fully saturated rings. The van der Waals surface area contributed by atoms with Crippen LogP contribution in [0, 0.1) is 0 Å². The number of rotatable bonds is 2. The van der Waals surface area contributed by atoms with E-state index in [1.54, 1.807) is 4.90 Å². The van der Waals surface area contributed by atoms with Crippen LogP contribution in [0.2, 0.25) is 0 Å². The van der Waals surface area contributed by atoms with E-state index in [4.69, 9.17) is 5.73 Å². The van der Waals surface area contributed by atoms with Crippen molar-refractivity contribution in [3.8, 4) is 0 Å². The summed E-state index contributed by atoms with van der Waals surface area (Å²) in [7, 11) is 0. The molecule has 2 rings (SSSR count). The van der Waals surface area contributed by atoms with Gasteiger partial charge in [-0.3, -0.25) is 4.79 Å². The summed E-state index contributed by atoms with van der Waals surface area (Å²) in [5.74, 6) is 0.257. The zero-order valence-corrected chi connectivity index (χ0v) is 9.62. The second-order valence-electron chi connectivity index (χ2n) is 4.11. The number of hydrogen-bond donors (Lipinski definition) is 1. The van der Waals surface area contributed by atoms with Gasteiger partial charge in [-0.25, -0.2) is 0 Å². The summed E-state index contributed by atoms with van der Waals surface area (Å²) in [6.45, 7) is 5.31. The fourth-order valence-electron chi connectivity index (χ4n) is 1.55. The Labute approximate surface area is 92.4 Å². The lowest BCUT2D eigenvalue weighted by Crippen LogP contribution is -2.57. The smallest absolute Gasteiger partial charge is 0.267 e. The van der Waals surface area contributed by atoms with Gasteiger partial charge in [-0.15, -0.1) is 5.10 Å². The van der Waals surface area contributed by atoms with E-state index in [2.05, 4.69) is 9.59 Å². The molecule has 15 heavy (non-hydrogen) atoms. The van der Waals surface area contributed by atoms with Crippen LogP contribution in [-0.4, -0.2) is 39.5 Å². The molecule has 0 bridgehead atoms. The quantitative estimate of drug-likeness (QED) is 0.794. The van der Waals surface area contributed by atoms with Gasteiger partial charge in [0, 0.05) is 19.1 Å². The van der Waals surface area contributed by atoms with Crippen LogP contribution in [0.4, 0.5) is 0 Å². The van der Waals surface area contributed by atoms with Crippen molar-refractivity contribution in [1.29, 1.82) is 0 Å². The first-order valence-electron chi connectivity index (χ1n) is 4.96. The predicted octanol–water partition coefficient (Wildman–Crippen LogP) is 0.445. The van der Waals surface area contributed by atoms with E-state index >= 15 is 0 Å². The molecule has 1 aromatic heterocycles. The van der Waals surface area contributed by atoms with E-state index < -0.39 is 0 Å². The lowest BCUT2D eigenvalue weighted by molar-refractivity contribution is 0.0611. The van der Waals surface area contributed by atoms with Crippen molar-refractivity contribution in [2.24, 2.45) is 5.73 Å². The van der Waals surface area contributed by atoms with Crippen LogP contribution in [0.5, 0.6) is 0 Å². The molecule has 1 amide bonds. The second kappa shape index (κ2) is 3.86. The standard InChI is InChI=1S/C9H14N4OS/c1-5(2)7-8(15-12-11-7)9(14)13-3-6(10)4-13/h5-6H,3-4,10H2,1-2H3.